The predicted octanol–water partition coefficient (Wildman–Crippen LogP) is 4.78. The first-order valence-electron chi connectivity index (χ1n) is 21.5. The number of carbonyl (C=O) groups excluding carboxylic acids is 3. The molecule has 0 bridgehead atoms. The molecule has 5 fully saturated rings. The van der Waals surface area contributed by atoms with Gasteiger partial charge >= 0.3 is 0 Å². The Labute approximate surface area is 351 Å². The molecule has 5 heterocycles. The number of amides is 3. The number of piperidine rings is 3. The Hall–Kier alpha value is -5.89. The largest absolute Gasteiger partial charge is 0.507 e. The Morgan fingerprint density at radius 3 is 2.45 bits per heavy atom. The zero-order valence-electron chi connectivity index (χ0n) is 34.3. The number of nitrogen functional groups attached to an aromatic ring is 1. The fourth-order valence-corrected chi connectivity index (χ4v) is 9.71. The van der Waals surface area contributed by atoms with E-state index in [9.17, 15) is 19.5 Å². The average Bonchev–Trinajstić information content (AvgIpc) is 4.03. The molecule has 14 nitrogen and oxygen atoms in total. The van der Waals surface area contributed by atoms with Gasteiger partial charge in [0.05, 0.1) is 23.5 Å². The van der Waals surface area contributed by atoms with Gasteiger partial charge in [0.15, 0.2) is 5.82 Å². The molecule has 4 saturated heterocycles. The van der Waals surface area contributed by atoms with Crippen LogP contribution >= 0.6 is 0 Å². The van der Waals surface area contributed by atoms with Crippen molar-refractivity contribution in [1.29, 1.82) is 0 Å². The number of phenols is 1. The zero-order chi connectivity index (χ0) is 41.4. The number of anilines is 4. The first kappa shape index (κ1) is 39.6. The van der Waals surface area contributed by atoms with Gasteiger partial charge < -0.3 is 35.2 Å². The van der Waals surface area contributed by atoms with Gasteiger partial charge in [0.1, 0.15) is 23.6 Å². The number of hydrogen-bond acceptors (Lipinski definition) is 12. The molecule has 4 aliphatic heterocycles. The minimum Gasteiger partial charge on any atom is -0.507 e. The molecule has 1 aromatic heterocycles. The lowest BCUT2D eigenvalue weighted by Gasteiger charge is -2.44. The molecule has 1 spiro atoms. The summed E-state index contributed by atoms with van der Waals surface area (Å²) in [5, 5.41) is 21.4. The van der Waals surface area contributed by atoms with Gasteiger partial charge in [-0.25, -0.2) is 0 Å². The molecule has 1 atom stereocenters. The molecule has 0 radical (unpaired) electrons. The molecule has 1 saturated carbocycles. The van der Waals surface area contributed by atoms with Crippen molar-refractivity contribution in [3.05, 3.63) is 84.4 Å². The maximum Gasteiger partial charge on any atom is 0.249 e. The number of aromatic hydroxyl groups is 1. The molecular weight excluding hydrogens is 759 g/mol. The summed E-state index contributed by atoms with van der Waals surface area (Å²) in [6, 6.07) is 25.6. The summed E-state index contributed by atoms with van der Waals surface area (Å²) in [7, 11) is 1.92. The molecule has 314 valence electrons. The summed E-state index contributed by atoms with van der Waals surface area (Å²) in [5.41, 5.74) is 11.8. The van der Waals surface area contributed by atoms with Crippen LogP contribution in [0.15, 0.2) is 78.9 Å². The molecule has 5 aliphatic rings. The lowest BCUT2D eigenvalue weighted by Crippen LogP contribution is -2.55. The molecular formula is C46H55N9O5. The number of carbonyl (C=O) groups is 3. The number of nitrogens with two attached hydrogens (primary N) is 1. The summed E-state index contributed by atoms with van der Waals surface area (Å²) < 4.78 is 6.57. The monoisotopic (exact) mass is 813 g/mol. The number of para-hydroxylation sites is 1. The number of ether oxygens (including phenoxy) is 1. The van der Waals surface area contributed by atoms with E-state index in [-0.39, 0.29) is 41.2 Å². The summed E-state index contributed by atoms with van der Waals surface area (Å²) >= 11 is 0. The number of likely N-dealkylation sites (N-methyl/N-ethyl adjacent to an activating group) is 1. The zero-order valence-corrected chi connectivity index (χ0v) is 34.3. The minimum absolute atomic E-state index is 0.00405. The van der Waals surface area contributed by atoms with Gasteiger partial charge in [-0.05, 0) is 99.1 Å². The number of rotatable bonds is 10. The van der Waals surface area contributed by atoms with Crippen molar-refractivity contribution in [3.8, 4) is 22.8 Å². The normalized spacial score (nSPS) is 21.2. The van der Waals surface area contributed by atoms with E-state index in [2.05, 4.69) is 60.5 Å². The Kier molecular flexibility index (Phi) is 11.0. The summed E-state index contributed by atoms with van der Waals surface area (Å²) in [4.78, 5) is 48.7. The Morgan fingerprint density at radius 2 is 1.68 bits per heavy atom. The van der Waals surface area contributed by atoms with Crippen LogP contribution in [0.1, 0.15) is 62.8 Å². The maximum absolute atomic E-state index is 13.5. The second-order valence-corrected chi connectivity index (χ2v) is 17.2. The van der Waals surface area contributed by atoms with Gasteiger partial charge in [0, 0.05) is 82.0 Å². The van der Waals surface area contributed by atoms with Crippen LogP contribution in [0.25, 0.3) is 11.3 Å². The third-order valence-electron chi connectivity index (χ3n) is 13.4. The topological polar surface area (TPSA) is 161 Å². The van der Waals surface area contributed by atoms with Gasteiger partial charge in [0.2, 0.25) is 17.7 Å². The highest BCUT2D eigenvalue weighted by Gasteiger charge is 2.52. The summed E-state index contributed by atoms with van der Waals surface area (Å²) in [5.74, 6) is 1.56. The molecule has 4 aromatic rings. The highest BCUT2D eigenvalue weighted by atomic mass is 16.5. The van der Waals surface area contributed by atoms with Crippen molar-refractivity contribution in [1.82, 2.24) is 25.3 Å². The molecule has 9 rings (SSSR count). The van der Waals surface area contributed by atoms with Gasteiger partial charge in [-0.1, -0.05) is 30.3 Å². The predicted molar refractivity (Wildman–Crippen MR) is 231 cm³/mol. The lowest BCUT2D eigenvalue weighted by atomic mass is 9.89. The van der Waals surface area contributed by atoms with Crippen LogP contribution in [-0.2, 0) is 14.4 Å². The second-order valence-electron chi connectivity index (χ2n) is 17.2. The van der Waals surface area contributed by atoms with Gasteiger partial charge in [-0.2, -0.15) is 0 Å². The number of piperazine rings is 1. The van der Waals surface area contributed by atoms with Crippen molar-refractivity contribution in [2.75, 3.05) is 79.8 Å². The number of nitrogens with zero attached hydrogens (tertiary/aromatic N) is 7. The van der Waals surface area contributed by atoms with Crippen molar-refractivity contribution in [2.24, 2.45) is 0 Å². The number of nitrogens with one attached hydrogen (secondary N) is 1. The molecule has 3 amide bonds. The van der Waals surface area contributed by atoms with E-state index in [0.29, 0.717) is 55.5 Å². The first-order chi connectivity index (χ1) is 29.1. The number of benzene rings is 3. The third-order valence-corrected chi connectivity index (χ3v) is 13.4. The van der Waals surface area contributed by atoms with Crippen molar-refractivity contribution < 1.29 is 24.2 Å². The molecule has 3 aromatic carbocycles. The number of likely N-dealkylation sites (tertiary alicyclic amines) is 2. The van der Waals surface area contributed by atoms with Crippen LogP contribution in [0, 0.1) is 0 Å². The van der Waals surface area contributed by atoms with Gasteiger partial charge in [0.25, 0.3) is 0 Å². The third kappa shape index (κ3) is 8.29. The van der Waals surface area contributed by atoms with Crippen molar-refractivity contribution in [3.63, 3.8) is 0 Å². The van der Waals surface area contributed by atoms with E-state index in [1.807, 2.05) is 53.2 Å². The Bertz CT molecular complexity index is 2230. The number of imide groups is 1. The number of hydrogen-bond donors (Lipinski definition) is 3. The van der Waals surface area contributed by atoms with Crippen molar-refractivity contribution in [2.45, 2.75) is 75.0 Å². The van der Waals surface area contributed by atoms with Gasteiger partial charge in [-0.15, -0.1) is 10.2 Å². The van der Waals surface area contributed by atoms with Crippen LogP contribution in [0.2, 0.25) is 0 Å². The van der Waals surface area contributed by atoms with E-state index in [1.54, 1.807) is 12.1 Å². The molecule has 14 heteroatoms. The minimum atomic E-state index is -0.353. The molecule has 60 heavy (non-hydrogen) atoms. The smallest absolute Gasteiger partial charge is 0.249 e. The summed E-state index contributed by atoms with van der Waals surface area (Å²) in [6.45, 7) is 5.97. The Morgan fingerprint density at radius 1 is 0.900 bits per heavy atom. The average molecular weight is 814 g/mol. The van der Waals surface area contributed by atoms with Gasteiger partial charge in [-0.3, -0.25) is 24.6 Å². The number of aromatic nitrogens is 2. The standard InChI is InChI=1S/C46H55N9O5/c1-51(39-12-13-42(57)48-45(39)59)33-7-4-6-32(26-33)31-14-20-52(21-15-31)29-43(58)53-22-16-35(17-23-53)60-36-9-5-8-34(27-36)55-25-24-54(30-46(55)18-19-46)40-28-38(49-50-44(40)47)37-10-2-3-11-41(37)56/h2-11,26-28,31,35,39,56H,12-25,29-30H2,1H3,(H2,47,50)(H,48,57,59)/t39-/m0/s1. The quantitative estimate of drug-likeness (QED) is 0.189. The fraction of sp³-hybridized carbons (Fsp3) is 0.457. The second kappa shape index (κ2) is 16.6. The van der Waals surface area contributed by atoms with Crippen LogP contribution in [0.5, 0.6) is 11.5 Å². The van der Waals surface area contributed by atoms with Crippen LogP contribution in [0.3, 0.4) is 0 Å². The molecule has 0 unspecified atom stereocenters. The van der Waals surface area contributed by atoms with Crippen LogP contribution in [0.4, 0.5) is 22.9 Å². The highest BCUT2D eigenvalue weighted by molar-refractivity contribution is 6.01. The van der Waals surface area contributed by atoms with Crippen LogP contribution in [-0.4, -0.2) is 120 Å². The molecule has 4 N–H and O–H groups in total. The van der Waals surface area contributed by atoms with E-state index >= 15 is 0 Å². The van der Waals surface area contributed by atoms with E-state index in [1.165, 1.54) is 5.56 Å². The molecule has 1 aliphatic carbocycles. The van der Waals surface area contributed by atoms with Crippen LogP contribution < -0.4 is 30.5 Å². The lowest BCUT2D eigenvalue weighted by molar-refractivity contribution is -0.135. The summed E-state index contributed by atoms with van der Waals surface area (Å²) in [6.07, 6.45) is 6.65. The first-order valence-corrected chi connectivity index (χ1v) is 21.5. The highest BCUT2D eigenvalue weighted by Crippen LogP contribution is 2.48. The Balaban J connectivity index is 0.741. The van der Waals surface area contributed by atoms with E-state index < -0.39 is 0 Å². The maximum atomic E-state index is 13.5. The van der Waals surface area contributed by atoms with E-state index in [4.69, 9.17) is 10.5 Å². The van der Waals surface area contributed by atoms with Crippen molar-refractivity contribution >= 4 is 40.6 Å². The number of phenolic OH excluding ortho intramolecular Hbond substituents is 1. The SMILES string of the molecule is CN(c1cccc(C2CCN(CC(=O)N3CCC(Oc4cccc(N5CCN(c6cc(-c7ccccc7O)nnc6N)CC56CC6)c4)CC3)CC2)c1)[C@H]1CCC(=O)NC1=O. The fourth-order valence-electron chi connectivity index (χ4n) is 9.71. The van der Waals surface area contributed by atoms with E-state index in [0.717, 1.165) is 94.1 Å².